The lowest BCUT2D eigenvalue weighted by Crippen LogP contribution is -2.01. The number of hydrogen-bond donors (Lipinski definition) is 3. The molecule has 0 saturated carbocycles. The molecule has 2 heterocycles. The van der Waals surface area contributed by atoms with Crippen LogP contribution in [0.2, 0.25) is 0 Å². The molecule has 3 aromatic rings. The maximum absolute atomic E-state index is 13.0. The van der Waals surface area contributed by atoms with Gasteiger partial charge >= 0.3 is 0 Å². The number of aromatic nitrogens is 4. The molecule has 0 aliphatic carbocycles. The lowest BCUT2D eigenvalue weighted by molar-refractivity contribution is 0.628. The molecule has 6 nitrogen and oxygen atoms in total. The van der Waals surface area contributed by atoms with E-state index in [0.717, 1.165) is 0 Å². The van der Waals surface area contributed by atoms with Crippen molar-refractivity contribution in [2.45, 2.75) is 0 Å². The highest BCUT2D eigenvalue weighted by molar-refractivity contribution is 5.82. The summed E-state index contributed by atoms with van der Waals surface area (Å²) in [5.74, 6) is 0.225. The van der Waals surface area contributed by atoms with E-state index >= 15 is 0 Å². The molecule has 0 unspecified atom stereocenters. The summed E-state index contributed by atoms with van der Waals surface area (Å²) in [6, 6.07) is 6.00. The Hall–Kier alpha value is -2.70. The molecule has 2 aromatic heterocycles. The molecule has 0 aliphatic heterocycles. The van der Waals surface area contributed by atoms with Gasteiger partial charge in [0.05, 0.1) is 6.33 Å². The molecule has 0 aliphatic rings. The number of benzene rings is 1. The third-order valence-electron chi connectivity index (χ3n) is 2.39. The van der Waals surface area contributed by atoms with Gasteiger partial charge in [0.15, 0.2) is 11.5 Å². The van der Waals surface area contributed by atoms with Crippen molar-refractivity contribution in [2.75, 3.05) is 11.1 Å². The number of anilines is 3. The van der Waals surface area contributed by atoms with Gasteiger partial charge in [0, 0.05) is 5.69 Å². The minimum Gasteiger partial charge on any atom is -0.382 e. The highest BCUT2D eigenvalue weighted by atomic mass is 19.1. The first-order chi connectivity index (χ1) is 8.72. The average molecular weight is 244 g/mol. The first kappa shape index (κ1) is 10.5. The molecule has 3 rings (SSSR count). The molecular formula is C11H9FN6. The van der Waals surface area contributed by atoms with Crippen molar-refractivity contribution in [3.8, 4) is 0 Å². The van der Waals surface area contributed by atoms with Crippen molar-refractivity contribution in [1.29, 1.82) is 0 Å². The Balaban J connectivity index is 1.99. The summed E-state index contributed by atoms with van der Waals surface area (Å²) < 4.78 is 13.0. The first-order valence-electron chi connectivity index (χ1n) is 5.21. The molecule has 1 aromatic carbocycles. The molecule has 0 saturated heterocycles. The SMILES string of the molecule is Nc1nc(Nc2cccc(F)c2)nc2nc[nH]c12. The van der Waals surface area contributed by atoms with E-state index in [1.807, 2.05) is 0 Å². The summed E-state index contributed by atoms with van der Waals surface area (Å²) in [5, 5.41) is 2.87. The molecule has 90 valence electrons. The number of nitrogen functional groups attached to an aromatic ring is 1. The van der Waals surface area contributed by atoms with Gasteiger partial charge in [-0.1, -0.05) is 6.07 Å². The van der Waals surface area contributed by atoms with Crippen LogP contribution in [0.5, 0.6) is 0 Å². The van der Waals surface area contributed by atoms with Crippen LogP contribution in [0.3, 0.4) is 0 Å². The second-order valence-electron chi connectivity index (χ2n) is 3.67. The average Bonchev–Trinajstić information content (AvgIpc) is 2.77. The highest BCUT2D eigenvalue weighted by Gasteiger charge is 2.07. The van der Waals surface area contributed by atoms with Crippen LogP contribution in [0.4, 0.5) is 21.8 Å². The van der Waals surface area contributed by atoms with Crippen LogP contribution < -0.4 is 11.1 Å². The smallest absolute Gasteiger partial charge is 0.231 e. The summed E-state index contributed by atoms with van der Waals surface area (Å²) in [4.78, 5) is 15.1. The van der Waals surface area contributed by atoms with Gasteiger partial charge in [-0.05, 0) is 18.2 Å². The number of nitrogens with one attached hydrogen (secondary N) is 2. The number of hydrogen-bond acceptors (Lipinski definition) is 5. The number of rotatable bonds is 2. The summed E-state index contributed by atoms with van der Waals surface area (Å²) in [7, 11) is 0. The van der Waals surface area contributed by atoms with E-state index in [9.17, 15) is 4.39 Å². The van der Waals surface area contributed by atoms with E-state index < -0.39 is 0 Å². The predicted octanol–water partition coefficient (Wildman–Crippen LogP) is 1.82. The Labute approximate surface area is 101 Å². The van der Waals surface area contributed by atoms with Gasteiger partial charge in [0.25, 0.3) is 0 Å². The van der Waals surface area contributed by atoms with E-state index in [1.165, 1.54) is 18.5 Å². The Kier molecular flexibility index (Phi) is 2.30. The van der Waals surface area contributed by atoms with Gasteiger partial charge < -0.3 is 16.0 Å². The second kappa shape index (κ2) is 3.95. The van der Waals surface area contributed by atoms with Crippen LogP contribution >= 0.6 is 0 Å². The number of imidazole rings is 1. The van der Waals surface area contributed by atoms with Crippen molar-refractivity contribution in [3.63, 3.8) is 0 Å². The number of aromatic amines is 1. The van der Waals surface area contributed by atoms with Crippen molar-refractivity contribution >= 4 is 28.6 Å². The van der Waals surface area contributed by atoms with E-state index in [1.54, 1.807) is 12.1 Å². The standard InChI is InChI=1S/C11H9FN6/c12-6-2-1-3-7(4-6)16-11-17-9(13)8-10(18-11)15-5-14-8/h1-5H,(H4,13,14,15,16,17,18). The molecule has 0 amide bonds. The van der Waals surface area contributed by atoms with E-state index in [0.29, 0.717) is 16.9 Å². The Morgan fingerprint density at radius 1 is 1.28 bits per heavy atom. The van der Waals surface area contributed by atoms with E-state index in [2.05, 4.69) is 25.3 Å². The molecule has 0 bridgehead atoms. The normalized spacial score (nSPS) is 10.7. The van der Waals surface area contributed by atoms with E-state index in [4.69, 9.17) is 5.73 Å². The zero-order chi connectivity index (χ0) is 12.5. The summed E-state index contributed by atoms with van der Waals surface area (Å²) in [6.07, 6.45) is 1.49. The third kappa shape index (κ3) is 1.81. The first-order valence-corrected chi connectivity index (χ1v) is 5.21. The summed E-state index contributed by atoms with van der Waals surface area (Å²) >= 11 is 0. The lowest BCUT2D eigenvalue weighted by atomic mass is 10.3. The predicted molar refractivity (Wildman–Crippen MR) is 65.8 cm³/mol. The van der Waals surface area contributed by atoms with Crippen molar-refractivity contribution < 1.29 is 4.39 Å². The summed E-state index contributed by atoms with van der Waals surface area (Å²) in [6.45, 7) is 0. The lowest BCUT2D eigenvalue weighted by Gasteiger charge is -2.05. The minimum atomic E-state index is -0.339. The Bertz CT molecular complexity index is 708. The molecular weight excluding hydrogens is 235 g/mol. The van der Waals surface area contributed by atoms with Gasteiger partial charge in [-0.2, -0.15) is 9.97 Å². The largest absolute Gasteiger partial charge is 0.382 e. The monoisotopic (exact) mass is 244 g/mol. The maximum atomic E-state index is 13.0. The summed E-state index contributed by atoms with van der Waals surface area (Å²) in [5.41, 5.74) is 7.34. The fourth-order valence-electron chi connectivity index (χ4n) is 1.61. The maximum Gasteiger partial charge on any atom is 0.231 e. The Morgan fingerprint density at radius 3 is 3.00 bits per heavy atom. The fraction of sp³-hybridized carbons (Fsp3) is 0. The van der Waals surface area contributed by atoms with E-state index in [-0.39, 0.29) is 17.6 Å². The van der Waals surface area contributed by atoms with Crippen molar-refractivity contribution in [2.24, 2.45) is 0 Å². The highest BCUT2D eigenvalue weighted by Crippen LogP contribution is 2.19. The van der Waals surface area contributed by atoms with Crippen LogP contribution in [0.1, 0.15) is 0 Å². The van der Waals surface area contributed by atoms with Gasteiger partial charge in [-0.15, -0.1) is 0 Å². The van der Waals surface area contributed by atoms with Gasteiger partial charge in [0.2, 0.25) is 5.95 Å². The van der Waals surface area contributed by atoms with Crippen LogP contribution in [-0.2, 0) is 0 Å². The molecule has 0 spiro atoms. The number of fused-ring (bicyclic) bond motifs is 1. The van der Waals surface area contributed by atoms with Crippen LogP contribution in [0, 0.1) is 5.82 Å². The minimum absolute atomic E-state index is 0.276. The van der Waals surface area contributed by atoms with Gasteiger partial charge in [-0.25, -0.2) is 9.37 Å². The van der Waals surface area contributed by atoms with Gasteiger partial charge in [0.1, 0.15) is 11.3 Å². The number of halogens is 1. The molecule has 0 fully saturated rings. The third-order valence-corrected chi connectivity index (χ3v) is 2.39. The number of nitrogens with two attached hydrogens (primary N) is 1. The topological polar surface area (TPSA) is 92.5 Å². The second-order valence-corrected chi connectivity index (χ2v) is 3.67. The molecule has 4 N–H and O–H groups in total. The molecule has 0 atom stereocenters. The molecule has 7 heteroatoms. The fourth-order valence-corrected chi connectivity index (χ4v) is 1.61. The quantitative estimate of drug-likeness (QED) is 0.639. The van der Waals surface area contributed by atoms with Crippen molar-refractivity contribution in [1.82, 2.24) is 19.9 Å². The molecule has 0 radical (unpaired) electrons. The van der Waals surface area contributed by atoms with Crippen LogP contribution in [0.25, 0.3) is 11.2 Å². The number of nitrogens with zero attached hydrogens (tertiary/aromatic N) is 3. The van der Waals surface area contributed by atoms with Crippen LogP contribution in [-0.4, -0.2) is 19.9 Å². The molecule has 18 heavy (non-hydrogen) atoms. The van der Waals surface area contributed by atoms with Crippen LogP contribution in [0.15, 0.2) is 30.6 Å². The van der Waals surface area contributed by atoms with Gasteiger partial charge in [-0.3, -0.25) is 0 Å². The number of H-pyrrole nitrogens is 1. The zero-order valence-electron chi connectivity index (χ0n) is 9.18. The van der Waals surface area contributed by atoms with Crippen molar-refractivity contribution in [3.05, 3.63) is 36.4 Å². The Morgan fingerprint density at radius 2 is 2.17 bits per heavy atom. The zero-order valence-corrected chi connectivity index (χ0v) is 9.18.